The van der Waals surface area contributed by atoms with Crippen molar-refractivity contribution in [2.24, 2.45) is 0 Å². The van der Waals surface area contributed by atoms with Crippen molar-refractivity contribution in [2.75, 3.05) is 17.5 Å². The summed E-state index contributed by atoms with van der Waals surface area (Å²) in [6, 6.07) is 5.19. The second-order valence-electron chi connectivity index (χ2n) is 2.85. The van der Waals surface area contributed by atoms with Crippen LogP contribution in [-0.2, 0) is 10.2 Å². The predicted octanol–water partition coefficient (Wildman–Crippen LogP) is 0.453. The zero-order valence-corrected chi connectivity index (χ0v) is 8.85. The molecule has 0 aliphatic heterocycles. The molecule has 0 amide bonds. The van der Waals surface area contributed by atoms with Gasteiger partial charge < -0.3 is 5.73 Å². The molecule has 0 unspecified atom stereocenters. The van der Waals surface area contributed by atoms with Gasteiger partial charge in [-0.05, 0) is 18.6 Å². The van der Waals surface area contributed by atoms with Crippen molar-refractivity contribution in [3.63, 3.8) is 0 Å². The summed E-state index contributed by atoms with van der Waals surface area (Å²) in [7, 11) is -2.17. The first-order chi connectivity index (χ1) is 6.46. The Labute approximate surface area is 83.5 Å². The number of nitrogens with two attached hydrogens (primary N) is 1. The van der Waals surface area contributed by atoms with Crippen molar-refractivity contribution in [2.45, 2.75) is 6.92 Å². The van der Waals surface area contributed by atoms with Gasteiger partial charge in [0.1, 0.15) is 0 Å². The Balaban J connectivity index is 3.09. The van der Waals surface area contributed by atoms with Gasteiger partial charge in [0.05, 0.1) is 11.4 Å². The number of nitrogens with one attached hydrogen (secondary N) is 2. The number of anilines is 2. The zero-order valence-electron chi connectivity index (χ0n) is 8.03. The standard InChI is InChI=1S/C8H13N3O2S/c1-6-4-3-5-7(9)8(6)11-14(12,13)10-2/h3-5,10-11H,9H2,1-2H3. The summed E-state index contributed by atoms with van der Waals surface area (Å²) in [4.78, 5) is 0. The molecule has 14 heavy (non-hydrogen) atoms. The molecule has 4 N–H and O–H groups in total. The average Bonchev–Trinajstić information content (AvgIpc) is 2.12. The monoisotopic (exact) mass is 215 g/mol. The maximum atomic E-state index is 11.2. The molecule has 0 radical (unpaired) electrons. The minimum absolute atomic E-state index is 0.406. The molecule has 78 valence electrons. The summed E-state index contributed by atoms with van der Waals surface area (Å²) in [5.74, 6) is 0. The smallest absolute Gasteiger partial charge is 0.298 e. The van der Waals surface area contributed by atoms with Crippen LogP contribution in [0.15, 0.2) is 18.2 Å². The Morgan fingerprint density at radius 1 is 1.36 bits per heavy atom. The van der Waals surface area contributed by atoms with E-state index >= 15 is 0 Å². The van der Waals surface area contributed by atoms with E-state index in [-0.39, 0.29) is 0 Å². The molecule has 6 heteroatoms. The van der Waals surface area contributed by atoms with E-state index in [4.69, 9.17) is 5.73 Å². The number of benzene rings is 1. The highest BCUT2D eigenvalue weighted by Gasteiger charge is 2.10. The lowest BCUT2D eigenvalue weighted by molar-refractivity contribution is 0.593. The van der Waals surface area contributed by atoms with Crippen LogP contribution in [-0.4, -0.2) is 15.5 Å². The van der Waals surface area contributed by atoms with Gasteiger partial charge in [-0.3, -0.25) is 4.72 Å². The molecular weight excluding hydrogens is 202 g/mol. The van der Waals surface area contributed by atoms with Gasteiger partial charge in [0, 0.05) is 7.05 Å². The van der Waals surface area contributed by atoms with Crippen molar-refractivity contribution in [3.8, 4) is 0 Å². The Hall–Kier alpha value is -1.27. The molecule has 1 aromatic rings. The highest BCUT2D eigenvalue weighted by atomic mass is 32.2. The third kappa shape index (κ3) is 2.36. The minimum Gasteiger partial charge on any atom is -0.397 e. The Kier molecular flexibility index (Phi) is 2.97. The molecule has 0 bridgehead atoms. The summed E-state index contributed by atoms with van der Waals surface area (Å²) < 4.78 is 26.9. The Bertz CT molecular complexity index is 408. The highest BCUT2D eigenvalue weighted by Crippen LogP contribution is 2.22. The molecule has 1 aromatic carbocycles. The van der Waals surface area contributed by atoms with E-state index < -0.39 is 10.2 Å². The first kappa shape index (κ1) is 10.8. The second kappa shape index (κ2) is 3.85. The molecule has 0 spiro atoms. The van der Waals surface area contributed by atoms with Crippen LogP contribution in [0.4, 0.5) is 11.4 Å². The van der Waals surface area contributed by atoms with Crippen LogP contribution >= 0.6 is 0 Å². The van der Waals surface area contributed by atoms with Gasteiger partial charge >= 0.3 is 0 Å². The predicted molar refractivity (Wildman–Crippen MR) is 57.2 cm³/mol. The van der Waals surface area contributed by atoms with Gasteiger partial charge in [0.25, 0.3) is 10.2 Å². The first-order valence-electron chi connectivity index (χ1n) is 4.02. The molecule has 5 nitrogen and oxygen atoms in total. The fourth-order valence-electron chi connectivity index (χ4n) is 1.02. The molecule has 0 atom stereocenters. The topological polar surface area (TPSA) is 84.2 Å². The fourth-order valence-corrected chi connectivity index (χ4v) is 1.66. The SMILES string of the molecule is CNS(=O)(=O)Nc1c(C)cccc1N. The van der Waals surface area contributed by atoms with Gasteiger partial charge in [-0.25, -0.2) is 4.72 Å². The van der Waals surface area contributed by atoms with Crippen LogP contribution in [0.3, 0.4) is 0 Å². The second-order valence-corrected chi connectivity index (χ2v) is 4.47. The number of para-hydroxylation sites is 1. The average molecular weight is 215 g/mol. The van der Waals surface area contributed by atoms with Crippen molar-refractivity contribution in [1.82, 2.24) is 4.72 Å². The van der Waals surface area contributed by atoms with Gasteiger partial charge in [0.2, 0.25) is 0 Å². The third-order valence-electron chi connectivity index (χ3n) is 1.81. The molecule has 0 aromatic heterocycles. The quantitative estimate of drug-likeness (QED) is 0.640. The molecular formula is C8H13N3O2S. The molecule has 0 fully saturated rings. The molecule has 0 saturated heterocycles. The van der Waals surface area contributed by atoms with Crippen molar-refractivity contribution in [3.05, 3.63) is 23.8 Å². The largest absolute Gasteiger partial charge is 0.397 e. The Morgan fingerprint density at radius 2 is 2.00 bits per heavy atom. The first-order valence-corrected chi connectivity index (χ1v) is 5.51. The van der Waals surface area contributed by atoms with Crippen LogP contribution in [0.25, 0.3) is 0 Å². The summed E-state index contributed by atoms with van der Waals surface area (Å²) in [6.07, 6.45) is 0. The number of hydrogen-bond acceptors (Lipinski definition) is 3. The van der Waals surface area contributed by atoms with E-state index in [1.807, 2.05) is 0 Å². The molecule has 0 saturated carbocycles. The molecule has 0 aliphatic rings. The highest BCUT2D eigenvalue weighted by molar-refractivity contribution is 7.90. The van der Waals surface area contributed by atoms with E-state index in [9.17, 15) is 8.42 Å². The van der Waals surface area contributed by atoms with Gasteiger partial charge in [0.15, 0.2) is 0 Å². The lowest BCUT2D eigenvalue weighted by Crippen LogP contribution is -2.27. The van der Waals surface area contributed by atoms with Crippen molar-refractivity contribution >= 4 is 21.6 Å². The van der Waals surface area contributed by atoms with E-state index in [1.165, 1.54) is 7.05 Å². The molecule has 0 aliphatic carbocycles. The number of hydrogen-bond donors (Lipinski definition) is 3. The molecule has 0 heterocycles. The number of nitrogen functional groups attached to an aromatic ring is 1. The van der Waals surface area contributed by atoms with Crippen LogP contribution < -0.4 is 15.2 Å². The van der Waals surface area contributed by atoms with Gasteiger partial charge in [-0.2, -0.15) is 8.42 Å². The van der Waals surface area contributed by atoms with Crippen LogP contribution in [0.2, 0.25) is 0 Å². The zero-order chi connectivity index (χ0) is 10.8. The summed E-state index contributed by atoms with van der Waals surface area (Å²) in [6.45, 7) is 1.78. The Morgan fingerprint density at radius 3 is 2.50 bits per heavy atom. The van der Waals surface area contributed by atoms with Crippen LogP contribution in [0.5, 0.6) is 0 Å². The maximum absolute atomic E-state index is 11.2. The number of rotatable bonds is 3. The van der Waals surface area contributed by atoms with Crippen molar-refractivity contribution < 1.29 is 8.42 Å². The normalized spacial score (nSPS) is 11.3. The van der Waals surface area contributed by atoms with E-state index in [0.29, 0.717) is 11.4 Å². The third-order valence-corrected chi connectivity index (χ3v) is 2.82. The lowest BCUT2D eigenvalue weighted by atomic mass is 10.2. The fraction of sp³-hybridized carbons (Fsp3) is 0.250. The number of aryl methyl sites for hydroxylation is 1. The van der Waals surface area contributed by atoms with Crippen molar-refractivity contribution in [1.29, 1.82) is 0 Å². The van der Waals surface area contributed by atoms with Gasteiger partial charge in [-0.1, -0.05) is 12.1 Å². The van der Waals surface area contributed by atoms with Gasteiger partial charge in [-0.15, -0.1) is 0 Å². The lowest BCUT2D eigenvalue weighted by Gasteiger charge is -2.11. The molecule has 1 rings (SSSR count). The summed E-state index contributed by atoms with van der Waals surface area (Å²) in [5, 5.41) is 0. The summed E-state index contributed by atoms with van der Waals surface area (Å²) >= 11 is 0. The van der Waals surface area contributed by atoms with E-state index in [0.717, 1.165) is 5.56 Å². The van der Waals surface area contributed by atoms with Crippen LogP contribution in [0.1, 0.15) is 5.56 Å². The minimum atomic E-state index is -3.50. The maximum Gasteiger partial charge on any atom is 0.298 e. The van der Waals surface area contributed by atoms with E-state index in [2.05, 4.69) is 9.44 Å². The summed E-state index contributed by atoms with van der Waals surface area (Å²) in [5.41, 5.74) is 7.23. The van der Waals surface area contributed by atoms with E-state index in [1.54, 1.807) is 25.1 Å². The van der Waals surface area contributed by atoms with Crippen LogP contribution in [0, 0.1) is 6.92 Å².